The molecule has 104 valence electrons. The molecule has 0 spiro atoms. The van der Waals surface area contributed by atoms with Gasteiger partial charge in [0.05, 0.1) is 11.8 Å². The van der Waals surface area contributed by atoms with Gasteiger partial charge in [0.25, 0.3) is 0 Å². The average molecular weight is 279 g/mol. The summed E-state index contributed by atoms with van der Waals surface area (Å²) in [4.78, 5) is 7.80. The number of likely N-dealkylation sites (N-methyl/N-ethyl adjacent to an activating group) is 1. The lowest BCUT2D eigenvalue weighted by molar-refractivity contribution is -0.00296. The van der Waals surface area contributed by atoms with E-state index in [2.05, 4.69) is 24.0 Å². The van der Waals surface area contributed by atoms with Crippen LogP contribution in [0.3, 0.4) is 0 Å². The van der Waals surface area contributed by atoms with Crippen LogP contribution in [0.25, 0.3) is 4.96 Å². The number of hydrogen-bond donors (Lipinski definition) is 1. The van der Waals surface area contributed by atoms with Gasteiger partial charge in [-0.2, -0.15) is 0 Å². The monoisotopic (exact) mass is 279 g/mol. The van der Waals surface area contributed by atoms with Crippen molar-refractivity contribution in [3.63, 3.8) is 0 Å². The number of nitrogens with zero attached hydrogens (tertiary/aromatic N) is 3. The van der Waals surface area contributed by atoms with Crippen LogP contribution in [-0.2, 0) is 6.42 Å². The summed E-state index contributed by atoms with van der Waals surface area (Å²) < 4.78 is 2.03. The first-order valence-corrected chi connectivity index (χ1v) is 7.76. The highest BCUT2D eigenvalue weighted by atomic mass is 32.1. The maximum Gasteiger partial charge on any atom is 0.193 e. The Labute approximate surface area is 117 Å². The van der Waals surface area contributed by atoms with E-state index in [0.717, 1.165) is 23.5 Å². The topological polar surface area (TPSA) is 40.8 Å². The number of imidazole rings is 1. The number of aromatic nitrogens is 2. The van der Waals surface area contributed by atoms with Crippen LogP contribution in [0.1, 0.15) is 31.4 Å². The smallest absolute Gasteiger partial charge is 0.193 e. The molecule has 2 heterocycles. The molecule has 0 aliphatic heterocycles. The molecule has 0 amide bonds. The van der Waals surface area contributed by atoms with Crippen LogP contribution in [0.5, 0.6) is 0 Å². The Hall–Kier alpha value is -0.910. The molecule has 1 atom stereocenters. The lowest BCUT2D eigenvalue weighted by Gasteiger charge is -2.40. The van der Waals surface area contributed by atoms with Gasteiger partial charge in [-0.05, 0) is 26.9 Å². The highest BCUT2D eigenvalue weighted by Crippen LogP contribution is 2.37. The molecule has 1 fully saturated rings. The Morgan fingerprint density at radius 3 is 2.84 bits per heavy atom. The van der Waals surface area contributed by atoms with E-state index in [1.54, 1.807) is 11.3 Å². The number of aliphatic hydroxyl groups excluding tert-OH is 1. The Morgan fingerprint density at radius 1 is 1.47 bits per heavy atom. The summed E-state index contributed by atoms with van der Waals surface area (Å²) in [5, 5.41) is 12.7. The molecular formula is C14H21N3OS. The van der Waals surface area contributed by atoms with Crippen molar-refractivity contribution in [3.05, 3.63) is 23.5 Å². The zero-order valence-corrected chi connectivity index (χ0v) is 12.4. The minimum atomic E-state index is -0.338. The van der Waals surface area contributed by atoms with E-state index in [0.29, 0.717) is 6.42 Å². The first-order valence-electron chi connectivity index (χ1n) is 6.88. The number of hydrogen-bond acceptors (Lipinski definition) is 4. The predicted molar refractivity (Wildman–Crippen MR) is 77.7 cm³/mol. The Kier molecular flexibility index (Phi) is 3.37. The van der Waals surface area contributed by atoms with Gasteiger partial charge in [0.1, 0.15) is 0 Å². The maximum atomic E-state index is 10.7. The summed E-state index contributed by atoms with van der Waals surface area (Å²) in [6, 6.07) is 0. The van der Waals surface area contributed by atoms with Crippen molar-refractivity contribution in [2.75, 3.05) is 14.1 Å². The Balaban J connectivity index is 1.79. The number of aliphatic hydroxyl groups is 1. The highest BCUT2D eigenvalue weighted by Gasteiger charge is 2.42. The normalized spacial score (nSPS) is 20.4. The van der Waals surface area contributed by atoms with E-state index in [1.165, 1.54) is 12.8 Å². The van der Waals surface area contributed by atoms with Crippen molar-refractivity contribution in [3.8, 4) is 0 Å². The molecule has 2 aromatic heterocycles. The van der Waals surface area contributed by atoms with Crippen LogP contribution in [-0.4, -0.2) is 45.1 Å². The van der Waals surface area contributed by atoms with Crippen LogP contribution in [0, 0.1) is 0 Å². The van der Waals surface area contributed by atoms with Gasteiger partial charge < -0.3 is 10.0 Å². The van der Waals surface area contributed by atoms with Crippen LogP contribution in [0.15, 0.2) is 17.8 Å². The summed E-state index contributed by atoms with van der Waals surface area (Å²) in [5.41, 5.74) is 0.935. The Bertz CT molecular complexity index is 525. The molecule has 5 heteroatoms. The van der Waals surface area contributed by atoms with E-state index in [-0.39, 0.29) is 11.6 Å². The zero-order valence-electron chi connectivity index (χ0n) is 11.5. The third-order valence-electron chi connectivity index (χ3n) is 4.53. The summed E-state index contributed by atoms with van der Waals surface area (Å²) in [5.74, 6) is 0. The van der Waals surface area contributed by atoms with Crippen LogP contribution >= 0.6 is 11.3 Å². The van der Waals surface area contributed by atoms with Crippen molar-refractivity contribution in [1.82, 2.24) is 14.3 Å². The molecule has 3 rings (SSSR count). The second kappa shape index (κ2) is 4.89. The minimum Gasteiger partial charge on any atom is -0.391 e. The maximum absolute atomic E-state index is 10.7. The zero-order chi connectivity index (χ0) is 13.5. The van der Waals surface area contributed by atoms with Crippen LogP contribution in [0.4, 0.5) is 0 Å². The molecule has 0 aromatic carbocycles. The first kappa shape index (κ1) is 13.1. The van der Waals surface area contributed by atoms with Crippen molar-refractivity contribution in [2.45, 2.75) is 43.7 Å². The van der Waals surface area contributed by atoms with Gasteiger partial charge >= 0.3 is 0 Å². The molecule has 0 saturated heterocycles. The van der Waals surface area contributed by atoms with E-state index in [4.69, 9.17) is 0 Å². The highest BCUT2D eigenvalue weighted by molar-refractivity contribution is 7.15. The standard InChI is InChI=1S/C14H21N3OS/c1-16(2)14(5-3-4-6-14)12(18)9-11-10-17-7-8-19-13(17)15-11/h7-8,10,12,18H,3-6,9H2,1-2H3. The van der Waals surface area contributed by atoms with Gasteiger partial charge in [0, 0.05) is 29.7 Å². The van der Waals surface area contributed by atoms with E-state index >= 15 is 0 Å². The predicted octanol–water partition coefficient (Wildman–Crippen LogP) is 2.17. The molecule has 0 bridgehead atoms. The largest absolute Gasteiger partial charge is 0.391 e. The van der Waals surface area contributed by atoms with Gasteiger partial charge in [0.2, 0.25) is 0 Å². The lowest BCUT2D eigenvalue weighted by atomic mass is 9.86. The van der Waals surface area contributed by atoms with Gasteiger partial charge in [-0.1, -0.05) is 12.8 Å². The first-order chi connectivity index (χ1) is 9.12. The molecular weight excluding hydrogens is 258 g/mol. The van der Waals surface area contributed by atoms with Crippen molar-refractivity contribution >= 4 is 16.3 Å². The number of thiazole rings is 1. The third-order valence-corrected chi connectivity index (χ3v) is 5.30. The summed E-state index contributed by atoms with van der Waals surface area (Å²) in [6.45, 7) is 0. The van der Waals surface area contributed by atoms with Crippen molar-refractivity contribution in [1.29, 1.82) is 0 Å². The number of fused-ring (bicyclic) bond motifs is 1. The molecule has 1 unspecified atom stereocenters. The molecule has 0 radical (unpaired) electrons. The molecule has 2 aromatic rings. The quantitative estimate of drug-likeness (QED) is 0.932. The second-order valence-electron chi connectivity index (χ2n) is 5.75. The van der Waals surface area contributed by atoms with Gasteiger partial charge in [-0.25, -0.2) is 4.98 Å². The molecule has 19 heavy (non-hydrogen) atoms. The average Bonchev–Trinajstić information content (AvgIpc) is 3.02. The summed E-state index contributed by atoms with van der Waals surface area (Å²) in [7, 11) is 4.17. The van der Waals surface area contributed by atoms with Crippen molar-refractivity contribution in [2.24, 2.45) is 0 Å². The molecule has 4 nitrogen and oxygen atoms in total. The van der Waals surface area contributed by atoms with Gasteiger partial charge in [0.15, 0.2) is 4.96 Å². The van der Waals surface area contributed by atoms with Gasteiger partial charge in [-0.3, -0.25) is 4.40 Å². The Morgan fingerprint density at radius 2 is 2.21 bits per heavy atom. The number of rotatable bonds is 4. The third kappa shape index (κ3) is 2.20. The fraction of sp³-hybridized carbons (Fsp3) is 0.643. The van der Waals surface area contributed by atoms with E-state index in [9.17, 15) is 5.11 Å². The molecule has 1 aliphatic rings. The summed E-state index contributed by atoms with van der Waals surface area (Å²) in [6.07, 6.45) is 8.96. The molecule has 1 saturated carbocycles. The molecule has 1 aliphatic carbocycles. The van der Waals surface area contributed by atoms with Crippen LogP contribution < -0.4 is 0 Å². The second-order valence-corrected chi connectivity index (χ2v) is 6.62. The summed E-state index contributed by atoms with van der Waals surface area (Å²) >= 11 is 1.63. The lowest BCUT2D eigenvalue weighted by Crippen LogP contribution is -2.52. The SMILES string of the molecule is CN(C)C1(C(O)Cc2cn3ccsc3n2)CCCC1. The van der Waals surface area contributed by atoms with Gasteiger partial charge in [-0.15, -0.1) is 11.3 Å². The fourth-order valence-corrected chi connectivity index (χ4v) is 4.05. The molecule has 1 N–H and O–H groups in total. The fourth-order valence-electron chi connectivity index (χ4n) is 3.33. The van der Waals surface area contributed by atoms with Crippen molar-refractivity contribution < 1.29 is 5.11 Å². The van der Waals surface area contributed by atoms with E-state index < -0.39 is 0 Å². The minimum absolute atomic E-state index is 0.0585. The van der Waals surface area contributed by atoms with Crippen LogP contribution in [0.2, 0.25) is 0 Å². The van der Waals surface area contributed by atoms with E-state index in [1.807, 2.05) is 22.2 Å².